The van der Waals surface area contributed by atoms with Gasteiger partial charge in [-0.1, -0.05) is 23.8 Å². The summed E-state index contributed by atoms with van der Waals surface area (Å²) in [4.78, 5) is 17.8. The average Bonchev–Trinajstić information content (AvgIpc) is 2.80. The van der Waals surface area contributed by atoms with E-state index in [1.54, 1.807) is 6.20 Å². The van der Waals surface area contributed by atoms with Crippen molar-refractivity contribution in [2.45, 2.75) is 46.1 Å². The van der Waals surface area contributed by atoms with Crippen LogP contribution in [0.15, 0.2) is 65.4 Å². The number of carboxylic acids is 1. The van der Waals surface area contributed by atoms with Crippen LogP contribution in [-0.4, -0.2) is 47.2 Å². The first-order chi connectivity index (χ1) is 14.9. The van der Waals surface area contributed by atoms with Crippen molar-refractivity contribution < 1.29 is 14.6 Å². The van der Waals surface area contributed by atoms with Gasteiger partial charge >= 0.3 is 5.97 Å². The van der Waals surface area contributed by atoms with E-state index in [0.29, 0.717) is 30.8 Å². The molecule has 2 N–H and O–H groups in total. The molecule has 2 heterocycles. The third-order valence-corrected chi connectivity index (χ3v) is 6.23. The Hall–Kier alpha value is -3.02. The van der Waals surface area contributed by atoms with Gasteiger partial charge in [0.2, 0.25) is 0 Å². The smallest absolute Gasteiger partial charge is 0.337 e. The maximum Gasteiger partial charge on any atom is 0.337 e. The fraction of sp³-hybridized carbons (Fsp3) is 0.440. The fourth-order valence-electron chi connectivity index (χ4n) is 3.96. The largest absolute Gasteiger partial charge is 0.494 e. The summed E-state index contributed by atoms with van der Waals surface area (Å²) in [6.07, 6.45) is 14.6. The molecule has 0 fully saturated rings. The lowest BCUT2D eigenvalue weighted by Gasteiger charge is -2.35. The molecule has 1 aliphatic heterocycles. The number of likely N-dealkylation sites (N-methyl/N-ethyl adjacent to an activating group) is 1. The highest BCUT2D eigenvalue weighted by molar-refractivity contribution is 5.93. The van der Waals surface area contributed by atoms with Crippen LogP contribution in [0.2, 0.25) is 0 Å². The maximum atomic E-state index is 11.4. The highest BCUT2D eigenvalue weighted by Gasteiger charge is 2.28. The summed E-state index contributed by atoms with van der Waals surface area (Å²) in [5, 5.41) is 12.7. The van der Waals surface area contributed by atoms with Gasteiger partial charge in [0.25, 0.3) is 0 Å². The second-order valence-electron chi connectivity index (χ2n) is 8.21. The summed E-state index contributed by atoms with van der Waals surface area (Å²) in [6, 6.07) is 1.82. The van der Waals surface area contributed by atoms with Crippen molar-refractivity contribution in [3.05, 3.63) is 70.9 Å². The average molecular weight is 424 g/mol. The van der Waals surface area contributed by atoms with Crippen molar-refractivity contribution in [3.8, 4) is 0 Å². The van der Waals surface area contributed by atoms with Crippen LogP contribution in [0.4, 0.5) is 5.69 Å². The van der Waals surface area contributed by atoms with Crippen molar-refractivity contribution in [1.82, 2.24) is 9.88 Å². The Morgan fingerprint density at radius 2 is 2.26 bits per heavy atom. The molecule has 1 aromatic heterocycles. The van der Waals surface area contributed by atoms with E-state index in [1.165, 1.54) is 29.1 Å². The number of rotatable bonds is 8. The SMILES string of the molecule is C/C=C(C)/C=C\C(C)N(C)C1=CC2=C(CC1)[C@H](CNc1cnccc1C(=O)O)CCO2. The lowest BCUT2D eigenvalue weighted by atomic mass is 9.85. The number of hydrogen-bond acceptors (Lipinski definition) is 5. The minimum absolute atomic E-state index is 0.249. The Balaban J connectivity index is 1.71. The Morgan fingerprint density at radius 1 is 1.45 bits per heavy atom. The third-order valence-electron chi connectivity index (χ3n) is 6.23. The highest BCUT2D eigenvalue weighted by Crippen LogP contribution is 2.36. The second-order valence-corrected chi connectivity index (χ2v) is 8.21. The van der Waals surface area contributed by atoms with Gasteiger partial charge in [0, 0.05) is 37.4 Å². The lowest BCUT2D eigenvalue weighted by molar-refractivity contribution is 0.0697. The first-order valence-electron chi connectivity index (χ1n) is 10.9. The molecule has 166 valence electrons. The topological polar surface area (TPSA) is 74.7 Å². The number of allylic oxidation sites excluding steroid dienone is 5. The molecule has 6 heteroatoms. The number of carboxylic acid groups (broad SMARTS) is 1. The first kappa shape index (κ1) is 22.7. The summed E-state index contributed by atoms with van der Waals surface area (Å²) in [5.74, 6) is 0.359. The van der Waals surface area contributed by atoms with Crippen LogP contribution in [0.5, 0.6) is 0 Å². The van der Waals surface area contributed by atoms with E-state index in [2.05, 4.69) is 60.4 Å². The first-order valence-corrected chi connectivity index (χ1v) is 10.9. The molecule has 0 saturated heterocycles. The Kier molecular flexibility index (Phi) is 7.55. The Bertz CT molecular complexity index is 930. The fourth-order valence-corrected chi connectivity index (χ4v) is 3.96. The monoisotopic (exact) mass is 423 g/mol. The predicted molar refractivity (Wildman–Crippen MR) is 124 cm³/mol. The van der Waals surface area contributed by atoms with Crippen LogP contribution < -0.4 is 5.32 Å². The van der Waals surface area contributed by atoms with Crippen LogP contribution in [0.25, 0.3) is 0 Å². The molecule has 6 nitrogen and oxygen atoms in total. The normalized spacial score (nSPS) is 20.1. The summed E-state index contributed by atoms with van der Waals surface area (Å²) < 4.78 is 6.02. The quantitative estimate of drug-likeness (QED) is 0.573. The molecule has 0 saturated carbocycles. The zero-order valence-corrected chi connectivity index (χ0v) is 18.9. The molecule has 0 amide bonds. The van der Waals surface area contributed by atoms with Gasteiger partial charge < -0.3 is 20.1 Å². The minimum atomic E-state index is -0.946. The van der Waals surface area contributed by atoms with Gasteiger partial charge in [-0.05, 0) is 57.7 Å². The standard InChI is InChI=1S/C25H33N3O3/c1-5-17(2)6-7-18(3)28(4)20-8-9-21-19(11-13-31-24(21)14-20)15-27-23-16-26-12-10-22(23)25(29)30/h5-7,10,12,14,16,18-19,27H,8-9,11,13,15H2,1-4H3,(H,29,30)/b7-6-,17-5+/t18?,19-/m0/s1. The number of carbonyl (C=O) groups is 1. The van der Waals surface area contributed by atoms with Gasteiger partial charge in [0.1, 0.15) is 5.76 Å². The second kappa shape index (κ2) is 10.3. The molecule has 0 aromatic carbocycles. The summed E-state index contributed by atoms with van der Waals surface area (Å²) in [7, 11) is 2.13. The Morgan fingerprint density at radius 3 is 3.00 bits per heavy atom. The number of nitrogens with one attached hydrogen (secondary N) is 1. The molecule has 1 aromatic rings. The van der Waals surface area contributed by atoms with E-state index in [9.17, 15) is 9.90 Å². The van der Waals surface area contributed by atoms with Crippen LogP contribution >= 0.6 is 0 Å². The van der Waals surface area contributed by atoms with Crippen molar-refractivity contribution in [3.63, 3.8) is 0 Å². The van der Waals surface area contributed by atoms with Crippen LogP contribution in [0, 0.1) is 5.92 Å². The molecule has 2 aliphatic rings. The Labute approximate surface area is 185 Å². The van der Waals surface area contributed by atoms with Crippen LogP contribution in [0.3, 0.4) is 0 Å². The van der Waals surface area contributed by atoms with Crippen molar-refractivity contribution >= 4 is 11.7 Å². The summed E-state index contributed by atoms with van der Waals surface area (Å²) in [6.45, 7) is 7.71. The summed E-state index contributed by atoms with van der Waals surface area (Å²) in [5.41, 5.74) is 4.67. The van der Waals surface area contributed by atoms with E-state index in [-0.39, 0.29) is 5.56 Å². The van der Waals surface area contributed by atoms with E-state index in [1.807, 2.05) is 6.92 Å². The van der Waals surface area contributed by atoms with Crippen molar-refractivity contribution in [1.29, 1.82) is 0 Å². The molecule has 1 aliphatic carbocycles. The van der Waals surface area contributed by atoms with Crippen LogP contribution in [-0.2, 0) is 4.74 Å². The number of anilines is 1. The molecule has 3 rings (SSSR count). The molecular weight excluding hydrogens is 390 g/mol. The molecule has 0 spiro atoms. The zero-order chi connectivity index (χ0) is 22.4. The third kappa shape index (κ3) is 5.57. The number of ether oxygens (including phenoxy) is 1. The van der Waals surface area contributed by atoms with Gasteiger partial charge in [0.05, 0.1) is 24.1 Å². The minimum Gasteiger partial charge on any atom is -0.494 e. The lowest BCUT2D eigenvalue weighted by Crippen LogP contribution is -2.31. The highest BCUT2D eigenvalue weighted by atomic mass is 16.5. The molecule has 0 radical (unpaired) electrons. The molecule has 1 unspecified atom stereocenters. The maximum absolute atomic E-state index is 11.4. The molecule has 2 atom stereocenters. The van der Waals surface area contributed by atoms with E-state index in [4.69, 9.17) is 4.74 Å². The number of hydrogen-bond donors (Lipinski definition) is 2. The summed E-state index contributed by atoms with van der Waals surface area (Å²) >= 11 is 0. The number of aromatic carboxylic acids is 1. The van der Waals surface area contributed by atoms with E-state index < -0.39 is 5.97 Å². The number of aromatic nitrogens is 1. The molecular formula is C25H33N3O3. The molecule has 31 heavy (non-hydrogen) atoms. The number of pyridine rings is 1. The van der Waals surface area contributed by atoms with Crippen molar-refractivity contribution in [2.24, 2.45) is 5.92 Å². The van der Waals surface area contributed by atoms with Crippen molar-refractivity contribution in [2.75, 3.05) is 25.5 Å². The van der Waals surface area contributed by atoms with Crippen LogP contribution in [0.1, 0.15) is 50.4 Å². The van der Waals surface area contributed by atoms with Gasteiger partial charge in [-0.2, -0.15) is 0 Å². The van der Waals surface area contributed by atoms with Gasteiger partial charge in [-0.15, -0.1) is 0 Å². The zero-order valence-electron chi connectivity index (χ0n) is 18.9. The molecule has 0 bridgehead atoms. The van der Waals surface area contributed by atoms with Gasteiger partial charge in [0.15, 0.2) is 0 Å². The van der Waals surface area contributed by atoms with E-state index in [0.717, 1.165) is 25.0 Å². The number of nitrogens with zero attached hydrogens (tertiary/aromatic N) is 2. The van der Waals surface area contributed by atoms with Gasteiger partial charge in [-0.3, -0.25) is 4.98 Å². The predicted octanol–water partition coefficient (Wildman–Crippen LogP) is 5.00. The van der Waals surface area contributed by atoms with Gasteiger partial charge in [-0.25, -0.2) is 4.79 Å². The van der Waals surface area contributed by atoms with E-state index >= 15 is 0 Å².